The molecule has 0 atom stereocenters. The minimum Gasteiger partial charge on any atom is -0.350 e. The Labute approximate surface area is 133 Å². The highest BCUT2D eigenvalue weighted by atomic mass is 35.5. The van der Waals surface area contributed by atoms with Gasteiger partial charge >= 0.3 is 0 Å². The fourth-order valence-corrected chi connectivity index (χ4v) is 2.93. The van der Waals surface area contributed by atoms with Crippen LogP contribution in [-0.2, 0) is 13.5 Å². The van der Waals surface area contributed by atoms with Gasteiger partial charge in [0.2, 0.25) is 0 Å². The maximum atomic E-state index is 12.5. The van der Waals surface area contributed by atoms with Crippen molar-refractivity contribution in [3.05, 3.63) is 46.2 Å². The van der Waals surface area contributed by atoms with Gasteiger partial charge in [0.15, 0.2) is 0 Å². The zero-order valence-electron chi connectivity index (χ0n) is 12.7. The molecule has 2 N–H and O–H groups in total. The number of H-pyrrole nitrogens is 1. The number of anilines is 1. The summed E-state index contributed by atoms with van der Waals surface area (Å²) in [6, 6.07) is 7.31. The molecule has 0 aliphatic rings. The highest BCUT2D eigenvalue weighted by Gasteiger charge is 2.17. The van der Waals surface area contributed by atoms with E-state index in [0.717, 1.165) is 34.4 Å². The van der Waals surface area contributed by atoms with Gasteiger partial charge in [-0.3, -0.25) is 9.48 Å². The van der Waals surface area contributed by atoms with Crippen LogP contribution in [0.15, 0.2) is 24.3 Å². The number of nitrogens with zero attached hydrogens (tertiary/aromatic N) is 2. The number of aromatic amines is 1. The third-order valence-electron chi connectivity index (χ3n) is 3.79. The zero-order valence-corrected chi connectivity index (χ0v) is 13.5. The lowest BCUT2D eigenvalue weighted by atomic mass is 10.2. The van der Waals surface area contributed by atoms with Crippen molar-refractivity contribution in [2.24, 2.45) is 7.05 Å². The predicted molar refractivity (Wildman–Crippen MR) is 88.6 cm³/mol. The van der Waals surface area contributed by atoms with Gasteiger partial charge < -0.3 is 10.3 Å². The van der Waals surface area contributed by atoms with Gasteiger partial charge in [-0.05, 0) is 31.5 Å². The molecule has 0 aliphatic heterocycles. The van der Waals surface area contributed by atoms with E-state index in [1.807, 2.05) is 33.0 Å². The summed E-state index contributed by atoms with van der Waals surface area (Å²) in [5, 5.41) is 8.75. The quantitative estimate of drug-likeness (QED) is 0.774. The average molecular weight is 317 g/mol. The van der Waals surface area contributed by atoms with Crippen LogP contribution >= 0.6 is 11.6 Å². The van der Waals surface area contributed by atoms with Crippen molar-refractivity contribution in [1.82, 2.24) is 14.8 Å². The lowest BCUT2D eigenvalue weighted by molar-refractivity contribution is 0.102. The summed E-state index contributed by atoms with van der Waals surface area (Å²) in [4.78, 5) is 15.6. The molecule has 1 amide bonds. The smallest absolute Gasteiger partial charge is 0.273 e. The molecular weight excluding hydrogens is 300 g/mol. The van der Waals surface area contributed by atoms with Gasteiger partial charge in [-0.1, -0.05) is 24.6 Å². The molecule has 0 spiro atoms. The molecule has 3 aromatic rings. The van der Waals surface area contributed by atoms with E-state index < -0.39 is 0 Å². The Bertz CT molecular complexity index is 863. The van der Waals surface area contributed by atoms with Crippen molar-refractivity contribution in [2.45, 2.75) is 20.3 Å². The Kier molecular flexibility index (Phi) is 3.66. The summed E-state index contributed by atoms with van der Waals surface area (Å²) in [5.74, 6) is 0.528. The first kappa shape index (κ1) is 14.7. The molecule has 0 saturated heterocycles. The maximum absolute atomic E-state index is 12.5. The summed E-state index contributed by atoms with van der Waals surface area (Å²) in [5.41, 5.74) is 3.29. The molecule has 6 heteroatoms. The fourth-order valence-electron chi connectivity index (χ4n) is 2.70. The second kappa shape index (κ2) is 5.50. The molecule has 1 aromatic carbocycles. The Morgan fingerprint density at radius 3 is 2.91 bits per heavy atom. The van der Waals surface area contributed by atoms with Gasteiger partial charge in [0, 0.05) is 28.5 Å². The summed E-state index contributed by atoms with van der Waals surface area (Å²) in [6.07, 6.45) is 0.813. The van der Waals surface area contributed by atoms with Crippen LogP contribution in [0.4, 0.5) is 5.82 Å². The van der Waals surface area contributed by atoms with Gasteiger partial charge in [-0.2, -0.15) is 5.10 Å². The monoisotopic (exact) mass is 316 g/mol. The zero-order chi connectivity index (χ0) is 15.9. The van der Waals surface area contributed by atoms with Crippen molar-refractivity contribution in [3.63, 3.8) is 0 Å². The molecule has 2 aromatic heterocycles. The standard InChI is InChI=1S/C16H17ClN4O/c1-4-10-9(2)20-21(3)15(10)19-16(22)14-8-11-12(17)6-5-7-13(11)18-14/h5-8,18H,4H2,1-3H3,(H,19,22). The predicted octanol–water partition coefficient (Wildman–Crippen LogP) is 3.68. The van der Waals surface area contributed by atoms with E-state index in [9.17, 15) is 4.79 Å². The van der Waals surface area contributed by atoms with Crippen molar-refractivity contribution in [3.8, 4) is 0 Å². The van der Waals surface area contributed by atoms with Crippen LogP contribution in [0.25, 0.3) is 10.9 Å². The van der Waals surface area contributed by atoms with Crippen LogP contribution in [0.2, 0.25) is 5.02 Å². The number of rotatable bonds is 3. The number of hydrogen-bond donors (Lipinski definition) is 2. The van der Waals surface area contributed by atoms with Gasteiger partial charge in [0.25, 0.3) is 5.91 Å². The van der Waals surface area contributed by atoms with E-state index in [1.165, 1.54) is 0 Å². The number of carbonyl (C=O) groups excluding carboxylic acids is 1. The third-order valence-corrected chi connectivity index (χ3v) is 4.12. The van der Waals surface area contributed by atoms with E-state index >= 15 is 0 Å². The SMILES string of the molecule is CCc1c(C)nn(C)c1NC(=O)c1cc2c(Cl)cccc2[nH]1. The summed E-state index contributed by atoms with van der Waals surface area (Å²) >= 11 is 6.15. The first-order valence-electron chi connectivity index (χ1n) is 7.12. The minimum atomic E-state index is -0.204. The van der Waals surface area contributed by atoms with Crippen LogP contribution in [0.3, 0.4) is 0 Å². The minimum absolute atomic E-state index is 0.204. The first-order chi connectivity index (χ1) is 10.5. The molecule has 2 heterocycles. The van der Waals surface area contributed by atoms with Crippen molar-refractivity contribution < 1.29 is 4.79 Å². The van der Waals surface area contributed by atoms with Crippen LogP contribution in [-0.4, -0.2) is 20.7 Å². The molecule has 0 saturated carbocycles. The highest BCUT2D eigenvalue weighted by Crippen LogP contribution is 2.25. The summed E-state index contributed by atoms with van der Waals surface area (Å²) in [7, 11) is 1.82. The van der Waals surface area contributed by atoms with Crippen molar-refractivity contribution in [1.29, 1.82) is 0 Å². The molecule has 0 unspecified atom stereocenters. The van der Waals surface area contributed by atoms with E-state index in [4.69, 9.17) is 11.6 Å². The number of aryl methyl sites for hydroxylation is 2. The Morgan fingerprint density at radius 2 is 2.23 bits per heavy atom. The van der Waals surface area contributed by atoms with Crippen LogP contribution in [0, 0.1) is 6.92 Å². The van der Waals surface area contributed by atoms with Crippen molar-refractivity contribution in [2.75, 3.05) is 5.32 Å². The van der Waals surface area contributed by atoms with E-state index in [-0.39, 0.29) is 5.91 Å². The molecule has 3 rings (SSSR count). The molecular formula is C16H17ClN4O. The first-order valence-corrected chi connectivity index (χ1v) is 7.50. The van der Waals surface area contributed by atoms with E-state index in [2.05, 4.69) is 15.4 Å². The van der Waals surface area contributed by atoms with Gasteiger partial charge in [-0.15, -0.1) is 0 Å². The molecule has 0 fully saturated rings. The number of hydrogen-bond acceptors (Lipinski definition) is 2. The van der Waals surface area contributed by atoms with Crippen molar-refractivity contribution >= 4 is 34.2 Å². The Balaban J connectivity index is 1.95. The molecule has 5 nitrogen and oxygen atoms in total. The van der Waals surface area contributed by atoms with Gasteiger partial charge in [0.05, 0.1) is 5.69 Å². The lowest BCUT2D eigenvalue weighted by Gasteiger charge is -2.06. The topological polar surface area (TPSA) is 62.7 Å². The number of fused-ring (bicyclic) bond motifs is 1. The number of aromatic nitrogens is 3. The highest BCUT2D eigenvalue weighted by molar-refractivity contribution is 6.35. The third kappa shape index (κ3) is 2.37. The van der Waals surface area contributed by atoms with E-state index in [1.54, 1.807) is 16.8 Å². The molecule has 0 radical (unpaired) electrons. The second-order valence-electron chi connectivity index (χ2n) is 5.23. The fraction of sp³-hybridized carbons (Fsp3) is 0.250. The van der Waals surface area contributed by atoms with E-state index in [0.29, 0.717) is 10.7 Å². The number of benzene rings is 1. The second-order valence-corrected chi connectivity index (χ2v) is 5.64. The normalized spacial score (nSPS) is 11.1. The molecule has 0 bridgehead atoms. The number of carbonyl (C=O) groups is 1. The Morgan fingerprint density at radius 1 is 1.45 bits per heavy atom. The Hall–Kier alpha value is -2.27. The molecule has 0 aliphatic carbocycles. The number of nitrogens with one attached hydrogen (secondary N) is 2. The largest absolute Gasteiger partial charge is 0.350 e. The van der Waals surface area contributed by atoms with Crippen LogP contribution < -0.4 is 5.32 Å². The van der Waals surface area contributed by atoms with Gasteiger partial charge in [0.1, 0.15) is 11.5 Å². The van der Waals surface area contributed by atoms with Crippen LogP contribution in [0.5, 0.6) is 0 Å². The number of halogens is 1. The lowest BCUT2D eigenvalue weighted by Crippen LogP contribution is -2.16. The van der Waals surface area contributed by atoms with Gasteiger partial charge in [-0.25, -0.2) is 0 Å². The van der Waals surface area contributed by atoms with Crippen LogP contribution in [0.1, 0.15) is 28.7 Å². The summed E-state index contributed by atoms with van der Waals surface area (Å²) in [6.45, 7) is 3.99. The molecule has 22 heavy (non-hydrogen) atoms. The molecule has 114 valence electrons. The maximum Gasteiger partial charge on any atom is 0.273 e. The number of amides is 1. The summed E-state index contributed by atoms with van der Waals surface area (Å²) < 4.78 is 1.70. The average Bonchev–Trinajstić information content (AvgIpc) is 3.02.